The van der Waals surface area contributed by atoms with Crippen molar-refractivity contribution in [1.29, 1.82) is 0 Å². The Morgan fingerprint density at radius 3 is 2.95 bits per heavy atom. The van der Waals surface area contributed by atoms with Crippen LogP contribution < -0.4 is 10.6 Å². The van der Waals surface area contributed by atoms with E-state index < -0.39 is 0 Å². The van der Waals surface area contributed by atoms with E-state index in [1.807, 2.05) is 19.1 Å². The van der Waals surface area contributed by atoms with Crippen molar-refractivity contribution in [3.05, 3.63) is 23.9 Å². The minimum absolute atomic E-state index is 0. The highest BCUT2D eigenvalue weighted by atomic mass is 35.5. The van der Waals surface area contributed by atoms with Crippen molar-refractivity contribution >= 4 is 36.5 Å². The molecular weight excluding hydrogens is 289 g/mol. The van der Waals surface area contributed by atoms with E-state index in [-0.39, 0.29) is 36.8 Å². The van der Waals surface area contributed by atoms with Gasteiger partial charge < -0.3 is 15.4 Å². The second kappa shape index (κ2) is 9.09. The van der Waals surface area contributed by atoms with Gasteiger partial charge in [0.25, 0.3) is 0 Å². The SMILES string of the molecule is Cc1cccc(NC(=O)CC2COCCN2)n1.Cl.Cl. The molecule has 2 heterocycles. The molecule has 108 valence electrons. The van der Waals surface area contributed by atoms with Crippen LogP contribution in [0.5, 0.6) is 0 Å². The molecule has 1 saturated heterocycles. The highest BCUT2D eigenvalue weighted by Crippen LogP contribution is 2.06. The summed E-state index contributed by atoms with van der Waals surface area (Å²) in [6.07, 6.45) is 0.412. The summed E-state index contributed by atoms with van der Waals surface area (Å²) in [5.74, 6) is 0.567. The first kappa shape index (κ1) is 18.1. The number of carbonyl (C=O) groups is 1. The lowest BCUT2D eigenvalue weighted by Gasteiger charge is -2.23. The van der Waals surface area contributed by atoms with Gasteiger partial charge in [0.2, 0.25) is 5.91 Å². The number of hydrogen-bond donors (Lipinski definition) is 2. The van der Waals surface area contributed by atoms with Crippen LogP contribution in [0.4, 0.5) is 5.82 Å². The number of carbonyl (C=O) groups excluding carboxylic acids is 1. The summed E-state index contributed by atoms with van der Waals surface area (Å²) >= 11 is 0. The Morgan fingerprint density at radius 1 is 1.53 bits per heavy atom. The molecule has 1 fully saturated rings. The molecule has 1 aliphatic rings. The fourth-order valence-corrected chi connectivity index (χ4v) is 1.78. The van der Waals surface area contributed by atoms with Crippen LogP contribution in [0, 0.1) is 6.92 Å². The van der Waals surface area contributed by atoms with Gasteiger partial charge in [0.15, 0.2) is 0 Å². The van der Waals surface area contributed by atoms with E-state index in [0.29, 0.717) is 18.8 Å². The summed E-state index contributed by atoms with van der Waals surface area (Å²) in [7, 11) is 0. The van der Waals surface area contributed by atoms with E-state index in [9.17, 15) is 4.79 Å². The van der Waals surface area contributed by atoms with Crippen molar-refractivity contribution in [2.45, 2.75) is 19.4 Å². The van der Waals surface area contributed by atoms with Gasteiger partial charge in [-0.2, -0.15) is 0 Å². The number of halogens is 2. The molecular formula is C12H19Cl2N3O2. The number of pyridine rings is 1. The molecule has 1 aliphatic heterocycles. The fraction of sp³-hybridized carbons (Fsp3) is 0.500. The molecule has 0 saturated carbocycles. The quantitative estimate of drug-likeness (QED) is 0.889. The van der Waals surface area contributed by atoms with E-state index in [1.165, 1.54) is 0 Å². The number of aryl methyl sites for hydroxylation is 1. The zero-order valence-electron chi connectivity index (χ0n) is 10.7. The zero-order chi connectivity index (χ0) is 12.1. The molecule has 5 nitrogen and oxygen atoms in total. The second-order valence-corrected chi connectivity index (χ2v) is 4.14. The number of nitrogens with one attached hydrogen (secondary N) is 2. The molecule has 0 spiro atoms. The number of aromatic nitrogens is 1. The Morgan fingerprint density at radius 2 is 2.32 bits per heavy atom. The molecule has 2 rings (SSSR count). The molecule has 0 bridgehead atoms. The standard InChI is InChI=1S/C12H17N3O2.2ClH/c1-9-3-2-4-11(14-9)15-12(16)7-10-8-17-6-5-13-10;;/h2-4,10,13H,5-8H2,1H3,(H,14,15,16);2*1H. The van der Waals surface area contributed by atoms with Crippen LogP contribution in [0.3, 0.4) is 0 Å². The van der Waals surface area contributed by atoms with Crippen molar-refractivity contribution in [1.82, 2.24) is 10.3 Å². The zero-order valence-corrected chi connectivity index (χ0v) is 12.4. The first-order valence-corrected chi connectivity index (χ1v) is 5.78. The monoisotopic (exact) mass is 307 g/mol. The van der Waals surface area contributed by atoms with E-state index in [4.69, 9.17) is 4.74 Å². The largest absolute Gasteiger partial charge is 0.378 e. The van der Waals surface area contributed by atoms with E-state index in [0.717, 1.165) is 18.8 Å². The van der Waals surface area contributed by atoms with Crippen molar-refractivity contribution in [3.63, 3.8) is 0 Å². The average molecular weight is 308 g/mol. The van der Waals surface area contributed by atoms with E-state index >= 15 is 0 Å². The molecule has 19 heavy (non-hydrogen) atoms. The number of rotatable bonds is 3. The Balaban J connectivity index is 0.00000162. The van der Waals surface area contributed by atoms with Crippen molar-refractivity contribution < 1.29 is 9.53 Å². The van der Waals surface area contributed by atoms with Crippen LogP contribution in [0.2, 0.25) is 0 Å². The first-order valence-electron chi connectivity index (χ1n) is 5.78. The van der Waals surface area contributed by atoms with Crippen molar-refractivity contribution in [2.75, 3.05) is 25.1 Å². The predicted octanol–water partition coefficient (Wildman–Crippen LogP) is 1.55. The number of nitrogens with zero attached hydrogens (tertiary/aromatic N) is 1. The van der Waals surface area contributed by atoms with Gasteiger partial charge in [-0.15, -0.1) is 24.8 Å². The minimum Gasteiger partial charge on any atom is -0.378 e. The molecule has 1 aromatic heterocycles. The first-order chi connectivity index (χ1) is 8.24. The average Bonchev–Trinajstić information content (AvgIpc) is 2.30. The van der Waals surface area contributed by atoms with Crippen LogP contribution in [0.15, 0.2) is 18.2 Å². The topological polar surface area (TPSA) is 63.2 Å². The van der Waals surface area contributed by atoms with Gasteiger partial charge in [-0.3, -0.25) is 4.79 Å². The Hall–Kier alpha value is -0.880. The number of anilines is 1. The van der Waals surface area contributed by atoms with Gasteiger partial charge in [0.1, 0.15) is 5.82 Å². The second-order valence-electron chi connectivity index (χ2n) is 4.14. The van der Waals surface area contributed by atoms with Crippen molar-refractivity contribution in [2.24, 2.45) is 0 Å². The minimum atomic E-state index is -0.0360. The maximum Gasteiger partial charge on any atom is 0.227 e. The van der Waals surface area contributed by atoms with Crippen LogP contribution in [0.25, 0.3) is 0 Å². The third kappa shape index (κ3) is 6.20. The maximum absolute atomic E-state index is 11.7. The van der Waals surface area contributed by atoms with Crippen LogP contribution in [0.1, 0.15) is 12.1 Å². The lowest BCUT2D eigenvalue weighted by molar-refractivity contribution is -0.117. The molecule has 1 amide bonds. The van der Waals surface area contributed by atoms with Gasteiger partial charge >= 0.3 is 0 Å². The van der Waals surface area contributed by atoms with E-state index in [2.05, 4.69) is 15.6 Å². The number of ether oxygens (including phenoxy) is 1. The maximum atomic E-state index is 11.7. The Labute approximate surface area is 125 Å². The molecule has 7 heteroatoms. The third-order valence-corrected chi connectivity index (χ3v) is 2.59. The van der Waals surface area contributed by atoms with Crippen LogP contribution >= 0.6 is 24.8 Å². The third-order valence-electron chi connectivity index (χ3n) is 2.59. The normalized spacial score (nSPS) is 17.8. The fourth-order valence-electron chi connectivity index (χ4n) is 1.78. The summed E-state index contributed by atoms with van der Waals surface area (Å²) in [6.45, 7) is 4.01. The lowest BCUT2D eigenvalue weighted by atomic mass is 10.2. The number of amides is 1. The predicted molar refractivity (Wildman–Crippen MR) is 79.3 cm³/mol. The molecule has 0 radical (unpaired) electrons. The number of hydrogen-bond acceptors (Lipinski definition) is 4. The summed E-state index contributed by atoms with van der Waals surface area (Å²) in [5.41, 5.74) is 0.891. The molecule has 0 aliphatic carbocycles. The number of morpholine rings is 1. The summed E-state index contributed by atoms with van der Waals surface area (Å²) < 4.78 is 5.29. The van der Waals surface area contributed by atoms with E-state index in [1.54, 1.807) is 6.07 Å². The molecule has 1 atom stereocenters. The van der Waals surface area contributed by atoms with Crippen molar-refractivity contribution in [3.8, 4) is 0 Å². The summed E-state index contributed by atoms with van der Waals surface area (Å²) in [5, 5.41) is 6.03. The molecule has 2 N–H and O–H groups in total. The highest BCUT2D eigenvalue weighted by Gasteiger charge is 2.16. The molecule has 0 aromatic carbocycles. The van der Waals surface area contributed by atoms with Crippen LogP contribution in [-0.4, -0.2) is 36.7 Å². The van der Waals surface area contributed by atoms with Gasteiger partial charge in [-0.25, -0.2) is 4.98 Å². The Bertz CT molecular complexity index is 398. The smallest absolute Gasteiger partial charge is 0.227 e. The molecule has 1 unspecified atom stereocenters. The Kier molecular flexibility index (Phi) is 8.67. The summed E-state index contributed by atoms with van der Waals surface area (Å²) in [4.78, 5) is 16.0. The summed E-state index contributed by atoms with van der Waals surface area (Å²) in [6, 6.07) is 5.66. The van der Waals surface area contributed by atoms with Crippen LogP contribution in [-0.2, 0) is 9.53 Å². The van der Waals surface area contributed by atoms with Gasteiger partial charge in [-0.1, -0.05) is 6.07 Å². The molecule has 1 aromatic rings. The van der Waals surface area contributed by atoms with Gasteiger partial charge in [0, 0.05) is 24.7 Å². The van der Waals surface area contributed by atoms with Gasteiger partial charge in [0.05, 0.1) is 13.2 Å². The lowest BCUT2D eigenvalue weighted by Crippen LogP contribution is -2.43. The van der Waals surface area contributed by atoms with Gasteiger partial charge in [-0.05, 0) is 19.1 Å². The highest BCUT2D eigenvalue weighted by molar-refractivity contribution is 5.90.